The molecule has 1 unspecified atom stereocenters. The zero-order valence-electron chi connectivity index (χ0n) is 15.8. The summed E-state index contributed by atoms with van der Waals surface area (Å²) in [4.78, 5) is 14.4. The van der Waals surface area contributed by atoms with E-state index >= 15 is 0 Å². The van der Waals surface area contributed by atoms with Crippen molar-refractivity contribution in [1.29, 1.82) is 0 Å². The van der Waals surface area contributed by atoms with Gasteiger partial charge in [-0.25, -0.2) is 0 Å². The summed E-state index contributed by atoms with van der Waals surface area (Å²) in [5.41, 5.74) is 1.13. The Hall–Kier alpha value is -2.53. The Labute approximate surface area is 155 Å². The van der Waals surface area contributed by atoms with Crippen LogP contribution < -0.4 is 14.8 Å². The summed E-state index contributed by atoms with van der Waals surface area (Å²) < 4.78 is 10.9. The van der Waals surface area contributed by atoms with E-state index in [4.69, 9.17) is 9.47 Å². The van der Waals surface area contributed by atoms with Crippen LogP contribution in [0, 0.1) is 0 Å². The van der Waals surface area contributed by atoms with Gasteiger partial charge in [0, 0.05) is 6.04 Å². The van der Waals surface area contributed by atoms with Gasteiger partial charge in [-0.3, -0.25) is 9.69 Å². The highest BCUT2D eigenvalue weighted by Gasteiger charge is 2.17. The molecule has 140 valence electrons. The lowest BCUT2D eigenvalue weighted by Gasteiger charge is -2.27. The summed E-state index contributed by atoms with van der Waals surface area (Å²) in [6, 6.07) is 17.7. The van der Waals surface area contributed by atoms with Crippen LogP contribution in [0.25, 0.3) is 0 Å². The lowest BCUT2D eigenvalue weighted by molar-refractivity contribution is -0.122. The van der Waals surface area contributed by atoms with Crippen LogP contribution in [0.3, 0.4) is 0 Å². The lowest BCUT2D eigenvalue weighted by atomic mass is 10.1. The molecule has 0 fully saturated rings. The molecule has 2 rings (SSSR count). The Kier molecular flexibility index (Phi) is 7.96. The van der Waals surface area contributed by atoms with Crippen molar-refractivity contribution in [3.05, 3.63) is 60.2 Å². The van der Waals surface area contributed by atoms with Crippen molar-refractivity contribution in [2.45, 2.75) is 19.9 Å². The fourth-order valence-corrected chi connectivity index (χ4v) is 2.75. The second-order valence-electron chi connectivity index (χ2n) is 6.03. The maximum atomic E-state index is 12.2. The third-order valence-electron chi connectivity index (χ3n) is 4.31. The number of nitrogens with one attached hydrogen (secondary N) is 1. The first-order chi connectivity index (χ1) is 12.6. The molecule has 0 saturated heterocycles. The van der Waals surface area contributed by atoms with Crippen LogP contribution in [0.15, 0.2) is 54.6 Å². The maximum Gasteiger partial charge on any atom is 0.234 e. The minimum absolute atomic E-state index is 0.00161. The third kappa shape index (κ3) is 6.08. The van der Waals surface area contributed by atoms with E-state index < -0.39 is 0 Å². The number of rotatable bonds is 10. The van der Waals surface area contributed by atoms with Crippen molar-refractivity contribution in [3.8, 4) is 11.5 Å². The molecule has 0 bridgehead atoms. The van der Waals surface area contributed by atoms with Crippen LogP contribution in [0.4, 0.5) is 0 Å². The highest BCUT2D eigenvalue weighted by atomic mass is 16.5. The van der Waals surface area contributed by atoms with E-state index in [9.17, 15) is 4.79 Å². The Morgan fingerprint density at radius 3 is 2.54 bits per heavy atom. The van der Waals surface area contributed by atoms with Gasteiger partial charge in [0.15, 0.2) is 0 Å². The SMILES string of the molecule is CCN(CC(=O)NCCOc1ccccc1)C(C)c1cccc(OC)c1. The molecule has 0 aliphatic rings. The fraction of sp³-hybridized carbons (Fsp3) is 0.381. The number of hydrogen-bond acceptors (Lipinski definition) is 4. The van der Waals surface area contributed by atoms with Crippen molar-refractivity contribution in [3.63, 3.8) is 0 Å². The van der Waals surface area contributed by atoms with Gasteiger partial charge in [-0.05, 0) is 43.3 Å². The molecule has 0 spiro atoms. The number of carbonyl (C=O) groups is 1. The molecule has 5 nitrogen and oxygen atoms in total. The van der Waals surface area contributed by atoms with Crippen molar-refractivity contribution in [2.24, 2.45) is 0 Å². The summed E-state index contributed by atoms with van der Waals surface area (Å²) in [6.07, 6.45) is 0. The van der Waals surface area contributed by atoms with E-state index in [1.807, 2.05) is 48.5 Å². The molecule has 2 aromatic carbocycles. The molecule has 1 atom stereocenters. The Morgan fingerprint density at radius 2 is 1.85 bits per heavy atom. The molecule has 0 aliphatic heterocycles. The largest absolute Gasteiger partial charge is 0.497 e. The zero-order valence-corrected chi connectivity index (χ0v) is 15.8. The lowest BCUT2D eigenvalue weighted by Crippen LogP contribution is -2.39. The number of ether oxygens (including phenoxy) is 2. The normalized spacial score (nSPS) is 11.8. The van der Waals surface area contributed by atoms with Crippen LogP contribution in [-0.4, -0.2) is 44.2 Å². The molecule has 5 heteroatoms. The molecule has 2 aromatic rings. The number of likely N-dealkylation sites (N-methyl/N-ethyl adjacent to an activating group) is 1. The maximum absolute atomic E-state index is 12.2. The van der Waals surface area contributed by atoms with Gasteiger partial charge in [0.05, 0.1) is 20.2 Å². The molecule has 0 aromatic heterocycles. The number of hydrogen-bond donors (Lipinski definition) is 1. The van der Waals surface area contributed by atoms with Gasteiger partial charge in [-0.15, -0.1) is 0 Å². The molecule has 0 saturated carbocycles. The van der Waals surface area contributed by atoms with Gasteiger partial charge >= 0.3 is 0 Å². The Balaban J connectivity index is 1.79. The number of carbonyl (C=O) groups excluding carboxylic acids is 1. The summed E-state index contributed by atoms with van der Waals surface area (Å²) in [6.45, 7) is 6.23. The van der Waals surface area contributed by atoms with Crippen LogP contribution >= 0.6 is 0 Å². The zero-order chi connectivity index (χ0) is 18.8. The summed E-state index contributed by atoms with van der Waals surface area (Å²) >= 11 is 0. The van der Waals surface area contributed by atoms with Crippen molar-refractivity contribution in [1.82, 2.24) is 10.2 Å². The van der Waals surface area contributed by atoms with Gasteiger partial charge in [-0.2, -0.15) is 0 Å². The predicted octanol–water partition coefficient (Wildman–Crippen LogP) is 3.27. The van der Waals surface area contributed by atoms with Crippen LogP contribution in [0.5, 0.6) is 11.5 Å². The predicted molar refractivity (Wildman–Crippen MR) is 104 cm³/mol. The van der Waals surface area contributed by atoms with Crippen LogP contribution in [0.1, 0.15) is 25.5 Å². The molecular weight excluding hydrogens is 328 g/mol. The first-order valence-electron chi connectivity index (χ1n) is 8.96. The van der Waals surface area contributed by atoms with Crippen LogP contribution in [-0.2, 0) is 4.79 Å². The van der Waals surface area contributed by atoms with E-state index in [1.165, 1.54) is 0 Å². The van der Waals surface area contributed by atoms with Crippen LogP contribution in [0.2, 0.25) is 0 Å². The number of benzene rings is 2. The molecule has 1 amide bonds. The van der Waals surface area contributed by atoms with E-state index in [0.717, 1.165) is 23.6 Å². The highest BCUT2D eigenvalue weighted by Crippen LogP contribution is 2.23. The second-order valence-corrected chi connectivity index (χ2v) is 6.03. The average Bonchev–Trinajstić information content (AvgIpc) is 2.69. The number of para-hydroxylation sites is 1. The smallest absolute Gasteiger partial charge is 0.234 e. The van der Waals surface area contributed by atoms with E-state index in [0.29, 0.717) is 19.7 Å². The summed E-state index contributed by atoms with van der Waals surface area (Å²) in [5.74, 6) is 1.63. The Morgan fingerprint density at radius 1 is 1.12 bits per heavy atom. The summed E-state index contributed by atoms with van der Waals surface area (Å²) in [5, 5.41) is 2.92. The molecule has 26 heavy (non-hydrogen) atoms. The standard InChI is InChI=1S/C21H28N2O3/c1-4-23(17(2)18-9-8-12-20(15-18)25-3)16-21(24)22-13-14-26-19-10-6-5-7-11-19/h5-12,15,17H,4,13-14,16H2,1-3H3,(H,22,24). The van der Waals surface area contributed by atoms with Crippen molar-refractivity contribution in [2.75, 3.05) is 33.4 Å². The third-order valence-corrected chi connectivity index (χ3v) is 4.31. The number of methoxy groups -OCH3 is 1. The number of amides is 1. The minimum Gasteiger partial charge on any atom is -0.497 e. The molecular formula is C21H28N2O3. The van der Waals surface area contributed by atoms with E-state index in [-0.39, 0.29) is 11.9 Å². The first kappa shape index (κ1) is 19.8. The quantitative estimate of drug-likeness (QED) is 0.664. The minimum atomic E-state index is -0.00161. The van der Waals surface area contributed by atoms with Gasteiger partial charge < -0.3 is 14.8 Å². The average molecular weight is 356 g/mol. The molecule has 1 N–H and O–H groups in total. The fourth-order valence-electron chi connectivity index (χ4n) is 2.75. The van der Waals surface area contributed by atoms with Gasteiger partial charge in [0.2, 0.25) is 5.91 Å². The highest BCUT2D eigenvalue weighted by molar-refractivity contribution is 5.78. The molecule has 0 aliphatic carbocycles. The summed E-state index contributed by atoms with van der Waals surface area (Å²) in [7, 11) is 1.66. The second kappa shape index (κ2) is 10.5. The van der Waals surface area contributed by atoms with E-state index in [1.54, 1.807) is 7.11 Å². The Bertz CT molecular complexity index is 676. The van der Waals surface area contributed by atoms with Crippen molar-refractivity contribution < 1.29 is 14.3 Å². The van der Waals surface area contributed by atoms with Gasteiger partial charge in [-0.1, -0.05) is 37.3 Å². The molecule has 0 radical (unpaired) electrons. The first-order valence-corrected chi connectivity index (χ1v) is 8.96. The monoisotopic (exact) mass is 356 g/mol. The van der Waals surface area contributed by atoms with E-state index in [2.05, 4.69) is 30.1 Å². The topological polar surface area (TPSA) is 50.8 Å². The number of nitrogens with zero attached hydrogens (tertiary/aromatic N) is 1. The van der Waals surface area contributed by atoms with Crippen molar-refractivity contribution >= 4 is 5.91 Å². The van der Waals surface area contributed by atoms with Gasteiger partial charge in [0.1, 0.15) is 18.1 Å². The molecule has 0 heterocycles. The van der Waals surface area contributed by atoms with Gasteiger partial charge in [0.25, 0.3) is 0 Å².